The monoisotopic (exact) mass is 284 g/mol. The second-order valence-electron chi connectivity index (χ2n) is 4.19. The number of hydrogen-bond donors (Lipinski definition) is 2. The third-order valence-electron chi connectivity index (χ3n) is 2.76. The van der Waals surface area contributed by atoms with E-state index < -0.39 is 11.7 Å². The molecule has 0 aliphatic carbocycles. The number of benzene rings is 1. The first kappa shape index (κ1) is 14.5. The molecule has 1 amide bonds. The van der Waals surface area contributed by atoms with Crippen LogP contribution in [0.1, 0.15) is 22.8 Å². The van der Waals surface area contributed by atoms with Crippen LogP contribution >= 0.6 is 0 Å². The van der Waals surface area contributed by atoms with Gasteiger partial charge in [-0.15, -0.1) is 0 Å². The van der Waals surface area contributed by atoms with Gasteiger partial charge in [0.05, 0.1) is 11.3 Å². The van der Waals surface area contributed by atoms with Gasteiger partial charge in [0.1, 0.15) is 23.3 Å². The van der Waals surface area contributed by atoms with Crippen LogP contribution in [-0.2, 0) is 0 Å². The lowest BCUT2D eigenvalue weighted by Crippen LogP contribution is -2.14. The molecule has 0 saturated heterocycles. The molecular formula is C15H13FN4O. The Kier molecular flexibility index (Phi) is 4.46. The zero-order chi connectivity index (χ0) is 15.2. The molecule has 2 aromatic rings. The van der Waals surface area contributed by atoms with E-state index in [1.165, 1.54) is 24.4 Å². The van der Waals surface area contributed by atoms with Gasteiger partial charge in [-0.25, -0.2) is 9.37 Å². The molecule has 0 aliphatic rings. The first-order valence-corrected chi connectivity index (χ1v) is 6.35. The van der Waals surface area contributed by atoms with Gasteiger partial charge in [-0.1, -0.05) is 6.07 Å². The molecule has 0 fully saturated rings. The SMILES string of the molecule is CCNc1ccc(C(=O)Nc2cccc(F)c2C#N)cn1. The molecule has 106 valence electrons. The number of carbonyl (C=O) groups is 1. The predicted molar refractivity (Wildman–Crippen MR) is 77.5 cm³/mol. The Morgan fingerprint density at radius 1 is 1.38 bits per heavy atom. The van der Waals surface area contributed by atoms with Crippen molar-refractivity contribution in [1.82, 2.24) is 4.98 Å². The van der Waals surface area contributed by atoms with E-state index in [4.69, 9.17) is 5.26 Å². The standard InChI is InChI=1S/C15H13FN4O/c1-2-18-14-7-6-10(9-19-14)15(21)20-13-5-3-4-12(16)11(13)8-17/h3-7,9H,2H2,1H3,(H,18,19)(H,20,21). The fourth-order valence-electron chi connectivity index (χ4n) is 1.75. The van der Waals surface area contributed by atoms with Gasteiger partial charge in [0, 0.05) is 12.7 Å². The number of hydrogen-bond acceptors (Lipinski definition) is 4. The number of amides is 1. The molecule has 0 bridgehead atoms. The minimum Gasteiger partial charge on any atom is -0.370 e. The van der Waals surface area contributed by atoms with Crippen LogP contribution in [0.25, 0.3) is 0 Å². The second kappa shape index (κ2) is 6.48. The number of carbonyl (C=O) groups excluding carboxylic acids is 1. The molecule has 21 heavy (non-hydrogen) atoms. The van der Waals surface area contributed by atoms with Crippen LogP contribution in [0.5, 0.6) is 0 Å². The molecule has 0 radical (unpaired) electrons. The summed E-state index contributed by atoms with van der Waals surface area (Å²) in [6, 6.07) is 9.08. The lowest BCUT2D eigenvalue weighted by Gasteiger charge is -2.08. The Hall–Kier alpha value is -2.94. The van der Waals surface area contributed by atoms with Crippen molar-refractivity contribution in [1.29, 1.82) is 5.26 Å². The van der Waals surface area contributed by atoms with Crippen LogP contribution in [0.2, 0.25) is 0 Å². The van der Waals surface area contributed by atoms with Gasteiger partial charge >= 0.3 is 0 Å². The number of nitrogens with one attached hydrogen (secondary N) is 2. The van der Waals surface area contributed by atoms with E-state index in [1.54, 1.807) is 18.2 Å². The Labute approximate surface area is 121 Å². The molecule has 0 unspecified atom stereocenters. The van der Waals surface area contributed by atoms with E-state index in [1.807, 2.05) is 6.92 Å². The summed E-state index contributed by atoms with van der Waals surface area (Å²) in [5.41, 5.74) is 0.270. The molecule has 6 heteroatoms. The van der Waals surface area contributed by atoms with Crippen LogP contribution < -0.4 is 10.6 Å². The number of nitriles is 1. The first-order chi connectivity index (χ1) is 10.2. The molecule has 0 aliphatic heterocycles. The first-order valence-electron chi connectivity index (χ1n) is 6.35. The van der Waals surface area contributed by atoms with Gasteiger partial charge in [-0.05, 0) is 31.2 Å². The van der Waals surface area contributed by atoms with Gasteiger partial charge in [0.2, 0.25) is 0 Å². The quantitative estimate of drug-likeness (QED) is 0.905. The molecule has 2 N–H and O–H groups in total. The average Bonchev–Trinajstić information content (AvgIpc) is 2.48. The second-order valence-corrected chi connectivity index (χ2v) is 4.19. The van der Waals surface area contributed by atoms with Crippen LogP contribution in [0.4, 0.5) is 15.9 Å². The number of anilines is 2. The van der Waals surface area contributed by atoms with Crippen molar-refractivity contribution in [3.05, 3.63) is 53.5 Å². The molecule has 1 aromatic heterocycles. The minimum absolute atomic E-state index is 0.137. The van der Waals surface area contributed by atoms with E-state index in [0.29, 0.717) is 11.4 Å². The highest BCUT2D eigenvalue weighted by molar-refractivity contribution is 6.04. The Balaban J connectivity index is 2.19. The zero-order valence-electron chi connectivity index (χ0n) is 11.4. The van der Waals surface area contributed by atoms with E-state index in [2.05, 4.69) is 15.6 Å². The van der Waals surface area contributed by atoms with E-state index in [-0.39, 0.29) is 11.3 Å². The van der Waals surface area contributed by atoms with Crippen LogP contribution in [0.15, 0.2) is 36.5 Å². The largest absolute Gasteiger partial charge is 0.370 e. The normalized spacial score (nSPS) is 9.76. The topological polar surface area (TPSA) is 77.8 Å². The summed E-state index contributed by atoms with van der Waals surface area (Å²) in [5, 5.41) is 14.4. The fraction of sp³-hybridized carbons (Fsp3) is 0.133. The van der Waals surface area contributed by atoms with Gasteiger partial charge in [0.25, 0.3) is 5.91 Å². The summed E-state index contributed by atoms with van der Waals surface area (Å²) in [4.78, 5) is 16.1. The summed E-state index contributed by atoms with van der Waals surface area (Å²) in [7, 11) is 0. The van der Waals surface area contributed by atoms with Crippen molar-refractivity contribution >= 4 is 17.4 Å². The fourth-order valence-corrected chi connectivity index (χ4v) is 1.75. The van der Waals surface area contributed by atoms with Gasteiger partial charge < -0.3 is 10.6 Å². The molecule has 5 nitrogen and oxygen atoms in total. The highest BCUT2D eigenvalue weighted by atomic mass is 19.1. The van der Waals surface area contributed by atoms with Crippen LogP contribution in [0.3, 0.4) is 0 Å². The third kappa shape index (κ3) is 3.34. The maximum Gasteiger partial charge on any atom is 0.257 e. The van der Waals surface area contributed by atoms with Crippen molar-refractivity contribution < 1.29 is 9.18 Å². The number of aromatic nitrogens is 1. The van der Waals surface area contributed by atoms with Crippen molar-refractivity contribution in [3.63, 3.8) is 0 Å². The molecule has 0 spiro atoms. The predicted octanol–water partition coefficient (Wildman–Crippen LogP) is 2.78. The lowest BCUT2D eigenvalue weighted by atomic mass is 10.1. The number of nitrogens with zero attached hydrogens (tertiary/aromatic N) is 2. The van der Waals surface area contributed by atoms with Crippen molar-refractivity contribution in [2.75, 3.05) is 17.2 Å². The van der Waals surface area contributed by atoms with Crippen molar-refractivity contribution in [2.24, 2.45) is 0 Å². The summed E-state index contributed by atoms with van der Waals surface area (Å²) in [5.74, 6) is -0.457. The summed E-state index contributed by atoms with van der Waals surface area (Å²) in [6.45, 7) is 2.67. The molecule has 0 atom stereocenters. The highest BCUT2D eigenvalue weighted by Crippen LogP contribution is 2.18. The van der Waals surface area contributed by atoms with Gasteiger partial charge in [0.15, 0.2) is 0 Å². The van der Waals surface area contributed by atoms with E-state index in [9.17, 15) is 9.18 Å². The van der Waals surface area contributed by atoms with E-state index in [0.717, 1.165) is 6.54 Å². The average molecular weight is 284 g/mol. The molecule has 1 heterocycles. The summed E-state index contributed by atoms with van der Waals surface area (Å²) < 4.78 is 13.4. The lowest BCUT2D eigenvalue weighted by molar-refractivity contribution is 0.102. The summed E-state index contributed by atoms with van der Waals surface area (Å²) >= 11 is 0. The number of rotatable bonds is 4. The third-order valence-corrected chi connectivity index (χ3v) is 2.76. The van der Waals surface area contributed by atoms with E-state index >= 15 is 0 Å². The highest BCUT2D eigenvalue weighted by Gasteiger charge is 2.12. The molecule has 1 aromatic carbocycles. The molecule has 2 rings (SSSR count). The maximum atomic E-state index is 13.4. The van der Waals surface area contributed by atoms with Crippen LogP contribution in [-0.4, -0.2) is 17.4 Å². The van der Waals surface area contributed by atoms with Gasteiger partial charge in [-0.2, -0.15) is 5.26 Å². The maximum absolute atomic E-state index is 13.4. The van der Waals surface area contributed by atoms with Gasteiger partial charge in [-0.3, -0.25) is 4.79 Å². The zero-order valence-corrected chi connectivity index (χ0v) is 11.4. The number of halogens is 1. The van der Waals surface area contributed by atoms with Crippen LogP contribution in [0, 0.1) is 17.1 Å². The molecule has 0 saturated carbocycles. The van der Waals surface area contributed by atoms with Crippen molar-refractivity contribution in [3.8, 4) is 6.07 Å². The molecular weight excluding hydrogens is 271 g/mol. The smallest absolute Gasteiger partial charge is 0.257 e. The number of pyridine rings is 1. The Bertz CT molecular complexity index is 692. The summed E-state index contributed by atoms with van der Waals surface area (Å²) in [6.07, 6.45) is 1.42. The minimum atomic E-state index is -0.670. The Morgan fingerprint density at radius 2 is 2.19 bits per heavy atom. The Morgan fingerprint density at radius 3 is 2.81 bits per heavy atom. The van der Waals surface area contributed by atoms with Crippen molar-refractivity contribution in [2.45, 2.75) is 6.92 Å².